The van der Waals surface area contributed by atoms with Crippen molar-refractivity contribution in [3.8, 4) is 16.9 Å². The highest BCUT2D eigenvalue weighted by Gasteiger charge is 2.36. The van der Waals surface area contributed by atoms with Crippen LogP contribution in [0.2, 0.25) is 0 Å². The van der Waals surface area contributed by atoms with Gasteiger partial charge in [-0.05, 0) is 58.9 Å². The number of dihydropyridines is 1. The molecule has 4 aliphatic heterocycles. The molecule has 5 heteroatoms. The molecule has 49 heavy (non-hydrogen) atoms. The van der Waals surface area contributed by atoms with Crippen molar-refractivity contribution < 1.29 is 4.74 Å². The molecule has 2 aliphatic carbocycles. The van der Waals surface area contributed by atoms with Crippen molar-refractivity contribution in [3.63, 3.8) is 0 Å². The van der Waals surface area contributed by atoms with Crippen molar-refractivity contribution in [1.29, 1.82) is 0 Å². The van der Waals surface area contributed by atoms with Crippen LogP contribution in [0.25, 0.3) is 11.1 Å². The Kier molecular flexibility index (Phi) is 6.73. The molecule has 0 fully saturated rings. The van der Waals surface area contributed by atoms with Crippen LogP contribution in [0.3, 0.4) is 0 Å². The van der Waals surface area contributed by atoms with Crippen LogP contribution in [-0.2, 0) is 0 Å². The summed E-state index contributed by atoms with van der Waals surface area (Å²) in [5.41, 5.74) is 13.4. The second-order valence-corrected chi connectivity index (χ2v) is 13.7. The van der Waals surface area contributed by atoms with E-state index in [0.29, 0.717) is 5.92 Å². The summed E-state index contributed by atoms with van der Waals surface area (Å²) in [7, 11) is 0. The Hall–Kier alpha value is -5.52. The first-order chi connectivity index (χ1) is 24.3. The van der Waals surface area contributed by atoms with Gasteiger partial charge in [0, 0.05) is 34.0 Å². The van der Waals surface area contributed by atoms with Crippen molar-refractivity contribution in [2.24, 2.45) is 5.92 Å². The van der Waals surface area contributed by atoms with Gasteiger partial charge in [-0.25, -0.2) is 0 Å². The topological polar surface area (TPSA) is 57.3 Å². The smallest absolute Gasteiger partial charge is 0.196 e. The van der Waals surface area contributed by atoms with Crippen molar-refractivity contribution in [2.75, 3.05) is 10.6 Å². The molecule has 0 bridgehead atoms. The maximum atomic E-state index is 6.54. The fraction of sp³-hybridized carbons (Fsp3) is 0.182. The molecule has 4 aromatic carbocycles. The average Bonchev–Trinajstić information content (AvgIpc) is 3.63. The van der Waals surface area contributed by atoms with Gasteiger partial charge in [-0.3, -0.25) is 5.32 Å². The molecule has 0 amide bonds. The van der Waals surface area contributed by atoms with E-state index < -0.39 is 0 Å². The Balaban J connectivity index is 1.01. The van der Waals surface area contributed by atoms with Crippen LogP contribution in [0.1, 0.15) is 59.4 Å². The maximum Gasteiger partial charge on any atom is 0.196 e. The Bertz CT molecular complexity index is 2140. The van der Waals surface area contributed by atoms with E-state index in [4.69, 9.17) is 4.74 Å². The van der Waals surface area contributed by atoms with Crippen LogP contribution in [0, 0.1) is 5.92 Å². The number of hydrogen-bond donors (Lipinski definition) is 4. The number of nitrogens with one attached hydrogen (secondary N) is 4. The highest BCUT2D eigenvalue weighted by Crippen LogP contribution is 2.53. The van der Waals surface area contributed by atoms with Gasteiger partial charge in [-0.15, -0.1) is 0 Å². The van der Waals surface area contributed by atoms with Gasteiger partial charge in [0.25, 0.3) is 0 Å². The summed E-state index contributed by atoms with van der Waals surface area (Å²) in [4.78, 5) is 0. The molecule has 0 saturated heterocycles. The Morgan fingerprint density at radius 1 is 0.653 bits per heavy atom. The van der Waals surface area contributed by atoms with Crippen LogP contribution < -0.4 is 26.0 Å². The normalized spacial score (nSPS) is 26.9. The van der Waals surface area contributed by atoms with Crippen LogP contribution in [0.5, 0.6) is 5.75 Å². The molecule has 0 aromatic heterocycles. The number of ether oxygens (including phenoxy) is 1. The third-order valence-corrected chi connectivity index (χ3v) is 10.8. The zero-order valence-electron chi connectivity index (χ0n) is 27.1. The number of benzene rings is 4. The lowest BCUT2D eigenvalue weighted by Crippen LogP contribution is -2.47. The predicted octanol–water partition coefficient (Wildman–Crippen LogP) is 9.51. The number of fused-ring (bicyclic) bond motifs is 7. The van der Waals surface area contributed by atoms with E-state index in [9.17, 15) is 0 Å². The van der Waals surface area contributed by atoms with E-state index in [2.05, 4.69) is 161 Å². The summed E-state index contributed by atoms with van der Waals surface area (Å²) in [6.45, 7) is 0. The van der Waals surface area contributed by atoms with Crippen LogP contribution in [-0.4, -0.2) is 6.04 Å². The summed E-state index contributed by atoms with van der Waals surface area (Å²) < 4.78 is 6.54. The van der Waals surface area contributed by atoms with Crippen LogP contribution >= 0.6 is 0 Å². The highest BCUT2D eigenvalue weighted by atomic mass is 16.5. The highest BCUT2D eigenvalue weighted by molar-refractivity contribution is 5.95. The molecule has 5 nitrogen and oxygen atoms in total. The fourth-order valence-electron chi connectivity index (χ4n) is 8.31. The first-order valence-corrected chi connectivity index (χ1v) is 17.6. The van der Waals surface area contributed by atoms with Gasteiger partial charge < -0.3 is 20.7 Å². The molecule has 10 rings (SSSR count). The minimum Gasteiger partial charge on any atom is -0.464 e. The van der Waals surface area contributed by atoms with Crippen molar-refractivity contribution in [1.82, 2.24) is 10.6 Å². The van der Waals surface area contributed by atoms with Crippen molar-refractivity contribution in [3.05, 3.63) is 185 Å². The quantitative estimate of drug-likeness (QED) is 0.168. The van der Waals surface area contributed by atoms with E-state index in [1.54, 1.807) is 0 Å². The van der Waals surface area contributed by atoms with Crippen molar-refractivity contribution >= 4 is 11.4 Å². The third kappa shape index (κ3) is 4.88. The second kappa shape index (κ2) is 11.6. The van der Waals surface area contributed by atoms with Gasteiger partial charge in [0.1, 0.15) is 5.75 Å². The summed E-state index contributed by atoms with van der Waals surface area (Å²) >= 11 is 0. The number of anilines is 2. The summed E-state index contributed by atoms with van der Waals surface area (Å²) in [5.74, 6) is 1.21. The van der Waals surface area contributed by atoms with Crippen LogP contribution in [0.4, 0.5) is 11.4 Å². The Morgan fingerprint density at radius 2 is 1.49 bits per heavy atom. The molecule has 6 atom stereocenters. The predicted molar refractivity (Wildman–Crippen MR) is 198 cm³/mol. The van der Waals surface area contributed by atoms with E-state index in [1.807, 2.05) is 6.07 Å². The summed E-state index contributed by atoms with van der Waals surface area (Å²) in [5, 5.41) is 15.6. The van der Waals surface area contributed by atoms with Gasteiger partial charge in [0.05, 0.1) is 29.9 Å². The van der Waals surface area contributed by atoms with Crippen molar-refractivity contribution in [2.45, 2.75) is 43.2 Å². The SMILES string of the molecule is C1=CC(C2Nc3ccc(C4C=CC5=C(N4)C4NC(c6ccccc6)C=CC4C=C5)cc3-c3c2ccc2c3NC(c3ccccc3)O2)=CCC1. The molecule has 0 radical (unpaired) electrons. The number of allylic oxidation sites excluding steroid dienone is 5. The van der Waals surface area contributed by atoms with E-state index in [1.165, 1.54) is 44.7 Å². The molecule has 6 unspecified atom stereocenters. The van der Waals surface area contributed by atoms with Gasteiger partial charge in [-0.1, -0.05) is 127 Å². The summed E-state index contributed by atoms with van der Waals surface area (Å²) in [6.07, 6.45) is 22.8. The Morgan fingerprint density at radius 3 is 2.33 bits per heavy atom. The van der Waals surface area contributed by atoms with Gasteiger partial charge in [-0.2, -0.15) is 0 Å². The first kappa shape index (κ1) is 28.5. The van der Waals surface area contributed by atoms with E-state index >= 15 is 0 Å². The number of hydrogen-bond acceptors (Lipinski definition) is 5. The monoisotopic (exact) mass is 638 g/mol. The summed E-state index contributed by atoms with van der Waals surface area (Å²) in [6, 6.07) is 33.0. The second-order valence-electron chi connectivity index (χ2n) is 13.7. The average molecular weight is 639 g/mol. The Labute approximate surface area is 287 Å². The number of rotatable bonds is 4. The lowest BCUT2D eigenvalue weighted by atomic mass is 9.81. The maximum absolute atomic E-state index is 6.54. The minimum atomic E-state index is -0.228. The molecule has 0 saturated carbocycles. The zero-order valence-corrected chi connectivity index (χ0v) is 27.1. The van der Waals surface area contributed by atoms with E-state index in [-0.39, 0.29) is 30.4 Å². The minimum absolute atomic E-state index is 0.0438. The van der Waals surface area contributed by atoms with E-state index in [0.717, 1.165) is 35.5 Å². The van der Waals surface area contributed by atoms with Crippen LogP contribution in [0.15, 0.2) is 163 Å². The molecule has 240 valence electrons. The molecule has 6 aliphatic rings. The molecular formula is C44H38N4O. The zero-order chi connectivity index (χ0) is 32.3. The largest absolute Gasteiger partial charge is 0.464 e. The standard InChI is InChI=1S/C44H38N4O/c1-4-10-27(11-5-1)35-22-18-29-16-17-30-19-23-36(46-42(30)41(29)45-35)32-20-24-37-34(26-32)39-33(40(47-37)28-12-6-2-7-13-28)21-25-38-43(39)48-44(49-38)31-14-8-3-9-15-31/h1,3-6,8-26,29,35-36,40-41,44-48H,2,7H2. The lowest BCUT2D eigenvalue weighted by molar-refractivity contribution is 0.260. The molecule has 0 spiro atoms. The van der Waals surface area contributed by atoms with Gasteiger partial charge in [0.15, 0.2) is 6.23 Å². The van der Waals surface area contributed by atoms with Gasteiger partial charge in [0.2, 0.25) is 0 Å². The molecular weight excluding hydrogens is 601 g/mol. The fourth-order valence-corrected chi connectivity index (χ4v) is 8.31. The third-order valence-electron chi connectivity index (χ3n) is 10.8. The van der Waals surface area contributed by atoms with Gasteiger partial charge >= 0.3 is 0 Å². The molecule has 4 heterocycles. The first-order valence-electron chi connectivity index (χ1n) is 17.6. The molecule has 4 aromatic rings. The lowest BCUT2D eigenvalue weighted by Gasteiger charge is -2.40. The molecule has 4 N–H and O–H groups in total.